The van der Waals surface area contributed by atoms with Crippen molar-refractivity contribution >= 4 is 55.3 Å². The number of carbonyl (C=O) groups excluding carboxylic acids is 1. The fourth-order valence-corrected chi connectivity index (χ4v) is 6.88. The van der Waals surface area contributed by atoms with E-state index in [4.69, 9.17) is 11.6 Å². The van der Waals surface area contributed by atoms with Gasteiger partial charge in [0.1, 0.15) is 10.3 Å². The summed E-state index contributed by atoms with van der Waals surface area (Å²) in [4.78, 5) is 17.4. The first-order valence-corrected chi connectivity index (χ1v) is 12.6. The average molecular weight is 468 g/mol. The summed E-state index contributed by atoms with van der Waals surface area (Å²) in [7, 11) is -3.69. The van der Waals surface area contributed by atoms with Crippen molar-refractivity contribution in [1.29, 1.82) is 0 Å². The number of amides is 1. The fraction of sp³-hybridized carbons (Fsp3) is 0.263. The van der Waals surface area contributed by atoms with E-state index < -0.39 is 16.1 Å². The normalized spacial score (nSPS) is 17.9. The minimum Gasteiger partial charge on any atom is -0.301 e. The summed E-state index contributed by atoms with van der Waals surface area (Å²) >= 11 is 8.39. The third-order valence-electron chi connectivity index (χ3n) is 4.69. The van der Waals surface area contributed by atoms with E-state index in [1.807, 2.05) is 17.5 Å². The maximum Gasteiger partial charge on any atom is 0.253 e. The fourth-order valence-electron chi connectivity index (χ4n) is 3.25. The smallest absolute Gasteiger partial charge is 0.253 e. The third-order valence-corrected chi connectivity index (χ3v) is 8.98. The molecule has 1 aliphatic heterocycles. The molecule has 0 aliphatic carbocycles. The molecule has 3 aromatic rings. The van der Waals surface area contributed by atoms with E-state index in [0.717, 1.165) is 35.4 Å². The van der Waals surface area contributed by atoms with Gasteiger partial charge in [0.25, 0.3) is 10.0 Å². The zero-order valence-corrected chi connectivity index (χ0v) is 18.5. The van der Waals surface area contributed by atoms with Gasteiger partial charge in [-0.3, -0.25) is 4.79 Å². The Hall–Kier alpha value is -1.78. The van der Waals surface area contributed by atoms with Crippen LogP contribution in [0.3, 0.4) is 0 Å². The Bertz CT molecular complexity index is 1100. The summed E-state index contributed by atoms with van der Waals surface area (Å²) in [6.07, 6.45) is 2.04. The van der Waals surface area contributed by atoms with Gasteiger partial charge in [-0.1, -0.05) is 36.2 Å². The Kier molecular flexibility index (Phi) is 6.03. The van der Waals surface area contributed by atoms with E-state index in [1.165, 1.54) is 15.6 Å². The quantitative estimate of drug-likeness (QED) is 0.589. The number of hydrogen-bond donors (Lipinski definition) is 1. The molecule has 6 nitrogen and oxygen atoms in total. The number of nitrogens with zero attached hydrogens (tertiary/aromatic N) is 2. The van der Waals surface area contributed by atoms with Crippen LogP contribution < -0.4 is 5.32 Å². The number of thiophene rings is 1. The second-order valence-electron chi connectivity index (χ2n) is 6.59. The molecule has 10 heteroatoms. The standard InChI is InChI=1S/C19H18ClN3O3S3/c20-14-8-6-13(7-9-14)15-12-28-19(21-15)22-18(24)16-4-1-2-10-23(16)29(25,26)17-5-3-11-27-17/h3,5-9,11-12,16H,1-2,4,10H2,(H,21,22,24). The second-order valence-corrected chi connectivity index (χ2v) is 11.0. The number of hydrogen-bond acceptors (Lipinski definition) is 6. The number of sulfonamides is 1. The van der Waals surface area contributed by atoms with E-state index in [2.05, 4.69) is 10.3 Å². The van der Waals surface area contributed by atoms with Crippen molar-refractivity contribution in [1.82, 2.24) is 9.29 Å². The third kappa shape index (κ3) is 4.39. The molecule has 1 aromatic carbocycles. The lowest BCUT2D eigenvalue weighted by Gasteiger charge is -2.32. The SMILES string of the molecule is O=C(Nc1nc(-c2ccc(Cl)cc2)cs1)C1CCCCN1S(=O)(=O)c1cccs1. The van der Waals surface area contributed by atoms with E-state index in [9.17, 15) is 13.2 Å². The molecule has 0 bridgehead atoms. The topological polar surface area (TPSA) is 79.4 Å². The molecule has 1 unspecified atom stereocenters. The molecule has 0 spiro atoms. The molecule has 0 saturated carbocycles. The van der Waals surface area contributed by atoms with Gasteiger partial charge in [-0.25, -0.2) is 13.4 Å². The van der Waals surface area contributed by atoms with Crippen LogP contribution in [-0.4, -0.2) is 36.2 Å². The summed E-state index contributed by atoms with van der Waals surface area (Å²) in [6, 6.07) is 9.82. The maximum absolute atomic E-state index is 13.0. The predicted octanol–water partition coefficient (Wildman–Crippen LogP) is 4.71. The van der Waals surface area contributed by atoms with Crippen LogP contribution >= 0.6 is 34.3 Å². The molecule has 29 heavy (non-hydrogen) atoms. The summed E-state index contributed by atoms with van der Waals surface area (Å²) < 4.78 is 27.5. The summed E-state index contributed by atoms with van der Waals surface area (Å²) in [5.41, 5.74) is 1.62. The van der Waals surface area contributed by atoms with Crippen LogP contribution in [0.25, 0.3) is 11.3 Å². The summed E-state index contributed by atoms with van der Waals surface area (Å²) in [5.74, 6) is -0.346. The Morgan fingerprint density at radius 2 is 1.97 bits per heavy atom. The predicted molar refractivity (Wildman–Crippen MR) is 117 cm³/mol. The second kappa shape index (κ2) is 8.53. The molecule has 2 aromatic heterocycles. The maximum atomic E-state index is 13.0. The molecular weight excluding hydrogens is 450 g/mol. The number of thiazole rings is 1. The molecule has 1 saturated heterocycles. The summed E-state index contributed by atoms with van der Waals surface area (Å²) in [5, 5.41) is 7.45. The van der Waals surface area contributed by atoms with E-state index in [-0.39, 0.29) is 10.1 Å². The van der Waals surface area contributed by atoms with Crippen LogP contribution in [0.1, 0.15) is 19.3 Å². The van der Waals surface area contributed by atoms with Crippen molar-refractivity contribution in [2.75, 3.05) is 11.9 Å². The van der Waals surface area contributed by atoms with Crippen LogP contribution in [0.2, 0.25) is 5.02 Å². The Labute approximate surface area is 182 Å². The van der Waals surface area contributed by atoms with Gasteiger partial charge >= 0.3 is 0 Å². The van der Waals surface area contributed by atoms with Crippen LogP contribution in [0.4, 0.5) is 5.13 Å². The molecule has 3 heterocycles. The average Bonchev–Trinajstić information content (AvgIpc) is 3.41. The van der Waals surface area contributed by atoms with Crippen LogP contribution in [-0.2, 0) is 14.8 Å². The lowest BCUT2D eigenvalue weighted by atomic mass is 10.0. The molecular formula is C19H18ClN3O3S3. The number of anilines is 1. The van der Waals surface area contributed by atoms with Gasteiger partial charge < -0.3 is 5.32 Å². The molecule has 1 fully saturated rings. The Balaban J connectivity index is 1.52. The first-order chi connectivity index (χ1) is 13.9. The number of nitrogens with one attached hydrogen (secondary N) is 1. The molecule has 152 valence electrons. The number of aromatic nitrogens is 1. The number of piperidine rings is 1. The van der Waals surface area contributed by atoms with Crippen molar-refractivity contribution in [3.05, 3.63) is 52.2 Å². The van der Waals surface area contributed by atoms with E-state index in [0.29, 0.717) is 23.1 Å². The Morgan fingerprint density at radius 3 is 2.69 bits per heavy atom. The van der Waals surface area contributed by atoms with E-state index in [1.54, 1.807) is 29.6 Å². The molecule has 1 amide bonds. The largest absolute Gasteiger partial charge is 0.301 e. The minimum absolute atomic E-state index is 0.261. The first-order valence-electron chi connectivity index (χ1n) is 9.03. The van der Waals surface area contributed by atoms with Gasteiger partial charge in [0, 0.05) is 22.5 Å². The van der Waals surface area contributed by atoms with E-state index >= 15 is 0 Å². The summed E-state index contributed by atoms with van der Waals surface area (Å²) in [6.45, 7) is 0.339. The number of halogens is 1. The molecule has 0 radical (unpaired) electrons. The van der Waals surface area contributed by atoms with Crippen molar-refractivity contribution in [3.8, 4) is 11.3 Å². The van der Waals surface area contributed by atoms with Crippen LogP contribution in [0, 0.1) is 0 Å². The van der Waals surface area contributed by atoms with Gasteiger partial charge in [0.15, 0.2) is 5.13 Å². The molecule has 1 N–H and O–H groups in total. The highest BCUT2D eigenvalue weighted by Gasteiger charge is 2.38. The van der Waals surface area contributed by atoms with Crippen molar-refractivity contribution < 1.29 is 13.2 Å². The van der Waals surface area contributed by atoms with Crippen molar-refractivity contribution in [3.63, 3.8) is 0 Å². The number of benzene rings is 1. The zero-order chi connectivity index (χ0) is 20.4. The van der Waals surface area contributed by atoms with Crippen molar-refractivity contribution in [2.45, 2.75) is 29.5 Å². The lowest BCUT2D eigenvalue weighted by Crippen LogP contribution is -2.49. The van der Waals surface area contributed by atoms with Gasteiger partial charge in [0.2, 0.25) is 5.91 Å². The zero-order valence-electron chi connectivity index (χ0n) is 15.2. The van der Waals surface area contributed by atoms with Gasteiger partial charge in [-0.05, 0) is 36.4 Å². The monoisotopic (exact) mass is 467 g/mol. The number of carbonyl (C=O) groups is 1. The highest BCUT2D eigenvalue weighted by molar-refractivity contribution is 7.91. The molecule has 1 aliphatic rings. The van der Waals surface area contributed by atoms with Crippen molar-refractivity contribution in [2.24, 2.45) is 0 Å². The van der Waals surface area contributed by atoms with Gasteiger partial charge in [-0.15, -0.1) is 22.7 Å². The van der Waals surface area contributed by atoms with Crippen LogP contribution in [0.5, 0.6) is 0 Å². The van der Waals surface area contributed by atoms with Crippen LogP contribution in [0.15, 0.2) is 51.4 Å². The lowest BCUT2D eigenvalue weighted by molar-refractivity contribution is -0.120. The Morgan fingerprint density at radius 1 is 1.17 bits per heavy atom. The highest BCUT2D eigenvalue weighted by atomic mass is 35.5. The van der Waals surface area contributed by atoms with Gasteiger partial charge in [-0.2, -0.15) is 4.31 Å². The highest BCUT2D eigenvalue weighted by Crippen LogP contribution is 2.30. The molecule has 4 rings (SSSR count). The minimum atomic E-state index is -3.69. The van der Waals surface area contributed by atoms with Gasteiger partial charge in [0.05, 0.1) is 5.69 Å². The first kappa shape index (κ1) is 20.5. The number of rotatable bonds is 5. The molecule has 1 atom stereocenters.